The van der Waals surface area contributed by atoms with Gasteiger partial charge in [-0.15, -0.1) is 0 Å². The summed E-state index contributed by atoms with van der Waals surface area (Å²) in [5.41, 5.74) is 2.13. The van der Waals surface area contributed by atoms with Crippen LogP contribution in [0.15, 0.2) is 71.8 Å². The highest BCUT2D eigenvalue weighted by atomic mass is 32.2. The first-order chi connectivity index (χ1) is 10.5. The zero-order valence-electron chi connectivity index (χ0n) is 11.9. The fraction of sp³-hybridized carbons (Fsp3) is 0.0588. The molecule has 22 heavy (non-hydrogen) atoms. The van der Waals surface area contributed by atoms with Crippen molar-refractivity contribution in [3.05, 3.63) is 78.2 Å². The highest BCUT2D eigenvalue weighted by Crippen LogP contribution is 2.25. The lowest BCUT2D eigenvalue weighted by molar-refractivity contribution is 0.588. The lowest BCUT2D eigenvalue weighted by Gasteiger charge is -2.11. The van der Waals surface area contributed by atoms with E-state index < -0.39 is 10.0 Å². The van der Waals surface area contributed by atoms with E-state index in [-0.39, 0.29) is 10.7 Å². The minimum absolute atomic E-state index is 0.220. The molecule has 1 heterocycles. The molecule has 3 nitrogen and oxygen atoms in total. The molecule has 0 amide bonds. The molecule has 0 aliphatic heterocycles. The van der Waals surface area contributed by atoms with Crippen molar-refractivity contribution >= 4 is 10.0 Å². The van der Waals surface area contributed by atoms with Crippen molar-refractivity contribution in [2.75, 3.05) is 0 Å². The van der Waals surface area contributed by atoms with Gasteiger partial charge in [0.1, 0.15) is 5.82 Å². The molecule has 0 bridgehead atoms. The van der Waals surface area contributed by atoms with Crippen molar-refractivity contribution in [1.29, 1.82) is 0 Å². The maximum absolute atomic E-state index is 13.0. The predicted molar refractivity (Wildman–Crippen MR) is 83.6 cm³/mol. The fourth-order valence-electron chi connectivity index (χ4n) is 2.24. The van der Waals surface area contributed by atoms with E-state index in [4.69, 9.17) is 0 Å². The van der Waals surface area contributed by atoms with Gasteiger partial charge in [-0.25, -0.2) is 16.8 Å². The van der Waals surface area contributed by atoms with Crippen LogP contribution in [0.4, 0.5) is 4.39 Å². The molecule has 0 N–H and O–H groups in total. The summed E-state index contributed by atoms with van der Waals surface area (Å²) < 4.78 is 39.8. The lowest BCUT2D eigenvalue weighted by Crippen LogP contribution is -2.13. The number of nitrogens with zero attached hydrogens (tertiary/aromatic N) is 1. The minimum atomic E-state index is -3.68. The Kier molecular flexibility index (Phi) is 3.58. The molecule has 0 radical (unpaired) electrons. The molecule has 3 rings (SSSR count). The number of hydrogen-bond acceptors (Lipinski definition) is 2. The molecule has 0 atom stereocenters. The van der Waals surface area contributed by atoms with Gasteiger partial charge in [0.25, 0.3) is 10.0 Å². The molecule has 0 spiro atoms. The average Bonchev–Trinajstić information content (AvgIpc) is 2.99. The van der Waals surface area contributed by atoms with Crippen molar-refractivity contribution < 1.29 is 12.8 Å². The van der Waals surface area contributed by atoms with Gasteiger partial charge in [0.2, 0.25) is 0 Å². The Bertz CT molecular complexity index is 895. The Morgan fingerprint density at radius 3 is 2.18 bits per heavy atom. The van der Waals surface area contributed by atoms with E-state index in [0.29, 0.717) is 11.3 Å². The van der Waals surface area contributed by atoms with Crippen LogP contribution >= 0.6 is 0 Å². The molecule has 112 valence electrons. The number of aryl methyl sites for hydroxylation is 1. The Hall–Kier alpha value is -2.40. The summed E-state index contributed by atoms with van der Waals surface area (Å²) in [4.78, 5) is 0.220. The second-order valence-corrected chi connectivity index (χ2v) is 6.83. The van der Waals surface area contributed by atoms with Crippen molar-refractivity contribution in [2.45, 2.75) is 11.8 Å². The van der Waals surface area contributed by atoms with Gasteiger partial charge in [-0.2, -0.15) is 0 Å². The first-order valence-electron chi connectivity index (χ1n) is 6.74. The molecule has 0 unspecified atom stereocenters. The van der Waals surface area contributed by atoms with Crippen LogP contribution in [0.3, 0.4) is 0 Å². The van der Waals surface area contributed by atoms with Gasteiger partial charge in [0.05, 0.1) is 10.6 Å². The van der Waals surface area contributed by atoms with Gasteiger partial charge in [0, 0.05) is 6.20 Å². The molecule has 0 saturated carbocycles. The van der Waals surface area contributed by atoms with E-state index in [1.807, 2.05) is 6.92 Å². The summed E-state index contributed by atoms with van der Waals surface area (Å²) in [6, 6.07) is 15.8. The zero-order chi connectivity index (χ0) is 15.7. The highest BCUT2D eigenvalue weighted by molar-refractivity contribution is 7.90. The third-order valence-electron chi connectivity index (χ3n) is 3.43. The molecule has 0 aliphatic rings. The van der Waals surface area contributed by atoms with Crippen molar-refractivity contribution in [1.82, 2.24) is 3.97 Å². The molecular weight excluding hydrogens is 301 g/mol. The first-order valence-corrected chi connectivity index (χ1v) is 8.18. The Morgan fingerprint density at radius 1 is 0.909 bits per heavy atom. The van der Waals surface area contributed by atoms with Crippen LogP contribution in [0.5, 0.6) is 0 Å². The summed E-state index contributed by atoms with van der Waals surface area (Å²) in [6.07, 6.45) is 1.49. The molecule has 0 saturated heterocycles. The molecule has 1 aromatic heterocycles. The molecular formula is C17H14FNO2S. The highest BCUT2D eigenvalue weighted by Gasteiger charge is 2.19. The topological polar surface area (TPSA) is 39.1 Å². The van der Waals surface area contributed by atoms with Crippen molar-refractivity contribution in [3.63, 3.8) is 0 Å². The summed E-state index contributed by atoms with van der Waals surface area (Å²) in [6.45, 7) is 1.90. The maximum Gasteiger partial charge on any atom is 0.268 e. The molecule has 0 aliphatic carbocycles. The van der Waals surface area contributed by atoms with E-state index in [9.17, 15) is 12.8 Å². The molecule has 5 heteroatoms. The third-order valence-corrected chi connectivity index (χ3v) is 5.13. The van der Waals surface area contributed by atoms with Gasteiger partial charge in [-0.05, 0) is 61.0 Å². The van der Waals surface area contributed by atoms with E-state index in [0.717, 1.165) is 5.56 Å². The molecule has 3 aromatic rings. The van der Waals surface area contributed by atoms with Gasteiger partial charge >= 0.3 is 0 Å². The van der Waals surface area contributed by atoms with E-state index in [2.05, 4.69) is 0 Å². The number of rotatable bonds is 3. The van der Waals surface area contributed by atoms with E-state index in [1.165, 1.54) is 22.3 Å². The largest absolute Gasteiger partial charge is 0.268 e. The first kappa shape index (κ1) is 14.5. The van der Waals surface area contributed by atoms with Crippen LogP contribution in [0, 0.1) is 12.7 Å². The standard InChI is InChI=1S/C17H14FNO2S/c1-13-4-10-16(11-5-13)22(20,21)19-12-2-3-17(19)14-6-8-15(18)9-7-14/h2-12H,1H3. The minimum Gasteiger partial charge on any atom is -0.241 e. The van der Waals surface area contributed by atoms with Gasteiger partial charge in [0.15, 0.2) is 0 Å². The van der Waals surface area contributed by atoms with Gasteiger partial charge in [-0.3, -0.25) is 0 Å². The average molecular weight is 315 g/mol. The fourth-order valence-corrected chi connectivity index (χ4v) is 3.61. The zero-order valence-corrected chi connectivity index (χ0v) is 12.7. The maximum atomic E-state index is 13.0. The van der Waals surface area contributed by atoms with Gasteiger partial charge < -0.3 is 0 Å². The van der Waals surface area contributed by atoms with Crippen LogP contribution in [0.2, 0.25) is 0 Å². The number of hydrogen-bond donors (Lipinski definition) is 0. The van der Waals surface area contributed by atoms with Crippen LogP contribution in [-0.2, 0) is 10.0 Å². The third kappa shape index (κ3) is 2.55. The van der Waals surface area contributed by atoms with E-state index in [1.54, 1.807) is 48.5 Å². The number of halogens is 1. The van der Waals surface area contributed by atoms with Crippen LogP contribution in [-0.4, -0.2) is 12.4 Å². The van der Waals surface area contributed by atoms with Crippen LogP contribution in [0.25, 0.3) is 11.3 Å². The number of benzene rings is 2. The summed E-state index contributed by atoms with van der Waals surface area (Å²) in [7, 11) is -3.68. The number of aromatic nitrogens is 1. The Labute approximate surface area is 128 Å². The second kappa shape index (κ2) is 5.42. The Morgan fingerprint density at radius 2 is 1.55 bits per heavy atom. The van der Waals surface area contributed by atoms with E-state index >= 15 is 0 Å². The van der Waals surface area contributed by atoms with Crippen LogP contribution in [0.1, 0.15) is 5.56 Å². The van der Waals surface area contributed by atoms with Crippen molar-refractivity contribution in [3.8, 4) is 11.3 Å². The predicted octanol–water partition coefficient (Wildman–Crippen LogP) is 3.84. The summed E-state index contributed by atoms with van der Waals surface area (Å²) in [5, 5.41) is 0. The monoisotopic (exact) mass is 315 g/mol. The summed E-state index contributed by atoms with van der Waals surface area (Å²) in [5.74, 6) is -0.358. The quantitative estimate of drug-likeness (QED) is 0.736. The summed E-state index contributed by atoms with van der Waals surface area (Å²) >= 11 is 0. The lowest BCUT2D eigenvalue weighted by atomic mass is 10.1. The normalized spacial score (nSPS) is 11.5. The second-order valence-electron chi connectivity index (χ2n) is 5.01. The molecule has 0 fully saturated rings. The smallest absolute Gasteiger partial charge is 0.241 e. The SMILES string of the molecule is Cc1ccc(S(=O)(=O)n2cccc2-c2ccc(F)cc2)cc1. The molecule has 2 aromatic carbocycles. The van der Waals surface area contributed by atoms with Crippen molar-refractivity contribution in [2.24, 2.45) is 0 Å². The van der Waals surface area contributed by atoms with Crippen LogP contribution < -0.4 is 0 Å². The van der Waals surface area contributed by atoms with Gasteiger partial charge in [-0.1, -0.05) is 17.7 Å². The Balaban J connectivity index is 2.11.